The van der Waals surface area contributed by atoms with Gasteiger partial charge in [0.15, 0.2) is 11.6 Å². The second-order valence-corrected chi connectivity index (χ2v) is 28.8. The van der Waals surface area contributed by atoms with Crippen LogP contribution in [0.25, 0.3) is 181 Å². The molecule has 4 aromatic heterocycles. The Morgan fingerprint density at radius 3 is 1.42 bits per heavy atom. The van der Waals surface area contributed by atoms with Gasteiger partial charge in [-0.2, -0.15) is 0 Å². The minimum absolute atomic E-state index is 0.352. The van der Waals surface area contributed by atoms with Crippen LogP contribution < -0.4 is 0 Å². The van der Waals surface area contributed by atoms with Crippen LogP contribution in [0.15, 0.2) is 391 Å². The van der Waals surface area contributed by atoms with Gasteiger partial charge in [0.1, 0.15) is 11.2 Å². The maximum absolute atomic E-state index is 6.73. The van der Waals surface area contributed by atoms with Crippen LogP contribution in [-0.4, -0.2) is 19.9 Å². The van der Waals surface area contributed by atoms with Crippen LogP contribution in [0.4, 0.5) is 0 Å². The standard InChI is InChI=1S/C50H32N2O.C50H30N2S/c2*1-3-10-33(11-4-1)43-30-44(52-50(51-43)37-12-5-2-6-13-37)41-29-28-39(49-48(41)42-16-7-8-17-45(42)53-49)32-20-18-31(19-21-32)38-26-24-36-23-22-34-14-9-15-35-25-27-40(38)47(36)46(34)35/h1-30,46-47H;1-30H. The van der Waals surface area contributed by atoms with Gasteiger partial charge in [0.2, 0.25) is 0 Å². The Bertz CT molecular complexity index is 6700. The number of thiophene rings is 1. The molecule has 494 valence electrons. The molecule has 0 saturated carbocycles. The Labute approximate surface area is 616 Å². The van der Waals surface area contributed by atoms with Gasteiger partial charge in [0.25, 0.3) is 0 Å². The summed E-state index contributed by atoms with van der Waals surface area (Å²) in [6.45, 7) is 0. The van der Waals surface area contributed by atoms with Gasteiger partial charge < -0.3 is 4.42 Å². The first-order valence-electron chi connectivity index (χ1n) is 36.2. The van der Waals surface area contributed by atoms with Crippen molar-refractivity contribution in [3.05, 3.63) is 392 Å². The van der Waals surface area contributed by atoms with Gasteiger partial charge in [-0.1, -0.05) is 334 Å². The third kappa shape index (κ3) is 10.4. The number of para-hydroxylation sites is 1. The van der Waals surface area contributed by atoms with E-state index in [0.717, 1.165) is 95.0 Å². The Balaban J connectivity index is 0.000000136. The number of rotatable bonds is 10. The van der Waals surface area contributed by atoms with E-state index >= 15 is 0 Å². The van der Waals surface area contributed by atoms with Crippen molar-refractivity contribution in [3.63, 3.8) is 0 Å². The van der Waals surface area contributed by atoms with Crippen molar-refractivity contribution in [1.29, 1.82) is 0 Å². The number of hydrogen-bond donors (Lipinski definition) is 0. The Kier molecular flexibility index (Phi) is 14.5. The first kappa shape index (κ1) is 61.2. The van der Waals surface area contributed by atoms with E-state index in [1.54, 1.807) is 0 Å². The number of allylic oxidation sites excluding steroid dienone is 14. The molecule has 106 heavy (non-hydrogen) atoms. The second-order valence-electron chi connectivity index (χ2n) is 27.8. The molecule has 4 aliphatic rings. The molecule has 2 atom stereocenters. The Hall–Kier alpha value is -13.5. The van der Waals surface area contributed by atoms with Crippen LogP contribution in [0.2, 0.25) is 0 Å². The van der Waals surface area contributed by atoms with Crippen molar-refractivity contribution < 1.29 is 4.42 Å². The van der Waals surface area contributed by atoms with Crippen molar-refractivity contribution in [3.8, 4) is 101 Å². The fourth-order valence-electron chi connectivity index (χ4n) is 16.8. The smallest absolute Gasteiger partial charge is 0.160 e. The predicted molar refractivity (Wildman–Crippen MR) is 442 cm³/mol. The van der Waals surface area contributed by atoms with Crippen molar-refractivity contribution in [2.45, 2.75) is 0 Å². The van der Waals surface area contributed by atoms with E-state index in [1.165, 1.54) is 108 Å². The lowest BCUT2D eigenvalue weighted by Crippen LogP contribution is -2.29. The lowest BCUT2D eigenvalue weighted by molar-refractivity contribution is 0.566. The normalized spacial score (nSPS) is 15.0. The zero-order chi connectivity index (χ0) is 69.8. The molecule has 0 bridgehead atoms. The molecule has 0 radical (unpaired) electrons. The molecule has 14 aromatic carbocycles. The van der Waals surface area contributed by atoms with Gasteiger partial charge in [0, 0.05) is 81.7 Å². The molecule has 0 amide bonds. The largest absolute Gasteiger partial charge is 0.455 e. The lowest BCUT2D eigenvalue weighted by atomic mass is 9.63. The second kappa shape index (κ2) is 25.2. The average Bonchev–Trinajstić information content (AvgIpc) is 0.932. The molecule has 2 unspecified atom stereocenters. The number of fused-ring (bicyclic) bond motifs is 6. The summed E-state index contributed by atoms with van der Waals surface area (Å²) in [4.78, 5) is 20.5. The molecular weight excluding hydrogens is 1310 g/mol. The van der Waals surface area contributed by atoms with Crippen LogP contribution >= 0.6 is 11.3 Å². The quantitative estimate of drug-likeness (QED) is 0.128. The highest BCUT2D eigenvalue weighted by Crippen LogP contribution is 2.52. The molecule has 0 spiro atoms. The summed E-state index contributed by atoms with van der Waals surface area (Å²) in [6, 6.07) is 110. The molecule has 6 heteroatoms. The average molecular weight is 1370 g/mol. The minimum Gasteiger partial charge on any atom is -0.455 e. The fraction of sp³-hybridized carbons (Fsp3) is 0.0200. The summed E-state index contributed by atoms with van der Waals surface area (Å²) in [7, 11) is 0. The van der Waals surface area contributed by atoms with Gasteiger partial charge in [-0.05, 0) is 124 Å². The van der Waals surface area contributed by atoms with E-state index in [2.05, 4.69) is 297 Å². The van der Waals surface area contributed by atoms with Crippen LogP contribution in [0, 0.1) is 11.8 Å². The Morgan fingerprint density at radius 2 is 0.764 bits per heavy atom. The van der Waals surface area contributed by atoms with Crippen molar-refractivity contribution in [2.24, 2.45) is 11.8 Å². The SMILES string of the molecule is C1=CC2=CC=C3C=CC(c4ccc(-c5ccc(-c6cc(-c7ccccc7)nc(-c7ccccc7)n6)c6c5oc5ccccc56)cc4)=C4C=CC(=C1)C2C34.c1ccc(-c2cc(-c3ccc(-c4ccc(-c5ccc6ccc7cccc8ccc5c6c78)cc4)c4sc5ccccc5c34)nc(-c3ccccc3)n2)cc1. The zero-order valence-corrected chi connectivity index (χ0v) is 58.2. The lowest BCUT2D eigenvalue weighted by Gasteiger charge is -2.40. The number of aromatic nitrogens is 4. The number of furan rings is 1. The third-order valence-electron chi connectivity index (χ3n) is 21.8. The van der Waals surface area contributed by atoms with E-state index in [1.807, 2.05) is 78.1 Å². The molecule has 0 saturated heterocycles. The molecule has 0 fully saturated rings. The monoisotopic (exact) mass is 1370 g/mol. The summed E-state index contributed by atoms with van der Waals surface area (Å²) in [5.41, 5.74) is 26.7. The predicted octanol–water partition coefficient (Wildman–Crippen LogP) is 26.6. The van der Waals surface area contributed by atoms with Gasteiger partial charge in [-0.25, -0.2) is 19.9 Å². The number of nitrogens with zero attached hydrogens (tertiary/aromatic N) is 4. The van der Waals surface area contributed by atoms with Gasteiger partial charge in [-0.3, -0.25) is 0 Å². The molecule has 5 nitrogen and oxygen atoms in total. The van der Waals surface area contributed by atoms with Crippen LogP contribution in [0.3, 0.4) is 0 Å². The van der Waals surface area contributed by atoms with Gasteiger partial charge in [-0.15, -0.1) is 11.3 Å². The minimum atomic E-state index is 0.352. The molecular formula is C100H62N4OS. The molecule has 0 aliphatic heterocycles. The van der Waals surface area contributed by atoms with Crippen molar-refractivity contribution in [2.75, 3.05) is 0 Å². The topological polar surface area (TPSA) is 64.7 Å². The van der Waals surface area contributed by atoms with E-state index in [0.29, 0.717) is 17.7 Å². The maximum atomic E-state index is 6.73. The van der Waals surface area contributed by atoms with E-state index in [9.17, 15) is 0 Å². The molecule has 4 aliphatic carbocycles. The molecule has 4 heterocycles. The van der Waals surface area contributed by atoms with Crippen LogP contribution in [0.1, 0.15) is 5.56 Å². The summed E-state index contributed by atoms with van der Waals surface area (Å²) >= 11 is 1.86. The highest BCUT2D eigenvalue weighted by Gasteiger charge is 2.38. The Morgan fingerprint density at radius 1 is 0.283 bits per heavy atom. The summed E-state index contributed by atoms with van der Waals surface area (Å²) in [5.74, 6) is 2.16. The van der Waals surface area contributed by atoms with Gasteiger partial charge >= 0.3 is 0 Å². The van der Waals surface area contributed by atoms with Gasteiger partial charge in [0.05, 0.1) is 22.8 Å². The van der Waals surface area contributed by atoms with Crippen molar-refractivity contribution in [1.82, 2.24) is 19.9 Å². The van der Waals surface area contributed by atoms with Crippen LogP contribution in [0.5, 0.6) is 0 Å². The number of benzene rings is 14. The molecule has 22 rings (SSSR count). The maximum Gasteiger partial charge on any atom is 0.160 e. The fourth-order valence-corrected chi connectivity index (χ4v) is 18.0. The number of hydrogen-bond acceptors (Lipinski definition) is 6. The van der Waals surface area contributed by atoms with E-state index in [-0.39, 0.29) is 0 Å². The first-order chi connectivity index (χ1) is 52.5. The van der Waals surface area contributed by atoms with Crippen molar-refractivity contribution >= 4 is 91.3 Å². The van der Waals surface area contributed by atoms with E-state index < -0.39 is 0 Å². The summed E-state index contributed by atoms with van der Waals surface area (Å²) in [6.07, 6.45) is 20.6. The summed E-state index contributed by atoms with van der Waals surface area (Å²) in [5, 5.41) is 12.5. The summed E-state index contributed by atoms with van der Waals surface area (Å²) < 4.78 is 9.26. The third-order valence-corrected chi connectivity index (χ3v) is 23.0. The first-order valence-corrected chi connectivity index (χ1v) is 37.0. The van der Waals surface area contributed by atoms with E-state index in [4.69, 9.17) is 24.4 Å². The highest BCUT2D eigenvalue weighted by atomic mass is 32.1. The van der Waals surface area contributed by atoms with Crippen LogP contribution in [-0.2, 0) is 0 Å². The molecule has 18 aromatic rings. The zero-order valence-electron chi connectivity index (χ0n) is 57.4. The molecule has 0 N–H and O–H groups in total. The highest BCUT2D eigenvalue weighted by molar-refractivity contribution is 7.26.